The number of benzene rings is 2. The highest BCUT2D eigenvalue weighted by molar-refractivity contribution is 7.89. The molecule has 3 atom stereocenters. The van der Waals surface area contributed by atoms with Crippen LogP contribution in [-0.2, 0) is 35.0 Å². The van der Waals surface area contributed by atoms with Gasteiger partial charge in [0.05, 0.1) is 24.2 Å². The lowest BCUT2D eigenvalue weighted by atomic mass is 10.0. The number of sulfonamides is 1. The van der Waals surface area contributed by atoms with E-state index in [9.17, 15) is 27.6 Å². The number of hydrogen-bond donors (Lipinski definition) is 5. The first-order valence-electron chi connectivity index (χ1n) is 12.5. The molecule has 0 bridgehead atoms. The molecule has 224 valence electrons. The molecule has 1 aliphatic rings. The number of nitrogen functional groups attached to an aromatic ring is 1. The number of amides is 1. The van der Waals surface area contributed by atoms with Gasteiger partial charge in [0.25, 0.3) is 0 Å². The Hall–Kier alpha value is -2.55. The van der Waals surface area contributed by atoms with Gasteiger partial charge in [-0.25, -0.2) is 17.8 Å². The van der Waals surface area contributed by atoms with E-state index in [1.165, 1.54) is 24.3 Å². The van der Waals surface area contributed by atoms with Crippen LogP contribution in [0.2, 0.25) is 0 Å². The molecule has 15 heteroatoms. The summed E-state index contributed by atoms with van der Waals surface area (Å²) < 4.78 is 56.2. The van der Waals surface area contributed by atoms with Crippen LogP contribution in [0, 0.1) is 5.92 Å². The number of alkyl carbamates (subject to hydrolysis) is 1. The van der Waals surface area contributed by atoms with Gasteiger partial charge in [-0.2, -0.15) is 4.31 Å². The Morgan fingerprint density at radius 1 is 1.15 bits per heavy atom. The summed E-state index contributed by atoms with van der Waals surface area (Å²) in [4.78, 5) is 32.3. The molecule has 1 fully saturated rings. The predicted molar refractivity (Wildman–Crippen MR) is 149 cm³/mol. The number of nitrogens with two attached hydrogens (primary N) is 1. The predicted octanol–water partition coefficient (Wildman–Crippen LogP) is 2.68. The fraction of sp³-hybridized carbons (Fsp3) is 0.480. The average Bonchev–Trinajstić information content (AvgIpc) is 3.35. The van der Waals surface area contributed by atoms with Gasteiger partial charge in [-0.3, -0.25) is 4.52 Å². The van der Waals surface area contributed by atoms with Crippen molar-refractivity contribution in [2.75, 3.05) is 32.0 Å². The third-order valence-electron chi connectivity index (χ3n) is 5.96. The minimum Gasteiger partial charge on any atom is -0.444 e. The van der Waals surface area contributed by atoms with E-state index in [0.717, 1.165) is 9.87 Å². The van der Waals surface area contributed by atoms with Gasteiger partial charge in [0.15, 0.2) is 0 Å². The van der Waals surface area contributed by atoms with Crippen LogP contribution in [0.4, 0.5) is 10.5 Å². The zero-order chi connectivity index (χ0) is 28.6. The molecule has 1 saturated heterocycles. The minimum absolute atomic E-state index is 0. The topological polar surface area (TPSA) is 213 Å². The number of phosphoric ester groups is 1. The normalized spacial score (nSPS) is 17.3. The zero-order valence-electron chi connectivity index (χ0n) is 22.6. The lowest BCUT2D eigenvalue weighted by Gasteiger charge is -2.33. The summed E-state index contributed by atoms with van der Waals surface area (Å²) in [6, 6.07) is 13.5. The van der Waals surface area contributed by atoms with Crippen LogP contribution in [0.5, 0.6) is 0 Å². The number of carbonyl (C=O) groups is 1. The summed E-state index contributed by atoms with van der Waals surface area (Å²) in [6.07, 6.45) is -2.14. The van der Waals surface area contributed by atoms with Crippen molar-refractivity contribution in [3.8, 4) is 0 Å². The van der Waals surface area contributed by atoms with Crippen molar-refractivity contribution in [3.63, 3.8) is 0 Å². The van der Waals surface area contributed by atoms with Crippen LogP contribution >= 0.6 is 7.82 Å². The standard InChI is InChI=1S/C25H36N3O9PS.H3N/c1-18(2)15-28(39(33,34)22-10-8-20(26)9-11-22)16-24(37-38(30,31)32)23(14-19-6-4-3-5-7-19)27-25(29)36-21-12-13-35-17-21;/h3-11,18,21,23-24H,12-17,26H2,1-2H3,(H,27,29)(H2,30,31,32);1H3/t21-,23-,24+;/m0./s1. The van der Waals surface area contributed by atoms with Gasteiger partial charge in [-0.05, 0) is 42.2 Å². The van der Waals surface area contributed by atoms with E-state index in [1.807, 2.05) is 13.8 Å². The second-order valence-electron chi connectivity index (χ2n) is 9.75. The molecular weight excluding hydrogens is 563 g/mol. The van der Waals surface area contributed by atoms with Crippen molar-refractivity contribution >= 4 is 29.6 Å². The maximum atomic E-state index is 13.6. The van der Waals surface area contributed by atoms with Crippen LogP contribution in [0.1, 0.15) is 25.8 Å². The molecule has 1 amide bonds. The van der Waals surface area contributed by atoms with Crippen molar-refractivity contribution < 1.29 is 41.6 Å². The Balaban J connectivity index is 0.00000560. The first-order valence-corrected chi connectivity index (χ1v) is 15.5. The summed E-state index contributed by atoms with van der Waals surface area (Å²) in [7, 11) is -9.26. The second-order valence-corrected chi connectivity index (χ2v) is 12.9. The van der Waals surface area contributed by atoms with Gasteiger partial charge in [0.2, 0.25) is 10.0 Å². The molecule has 8 N–H and O–H groups in total. The average molecular weight is 603 g/mol. The van der Waals surface area contributed by atoms with Gasteiger partial charge in [-0.1, -0.05) is 44.2 Å². The summed E-state index contributed by atoms with van der Waals surface area (Å²) in [5.41, 5.74) is 6.82. The Labute approximate surface area is 234 Å². The largest absolute Gasteiger partial charge is 0.469 e. The van der Waals surface area contributed by atoms with Gasteiger partial charge >= 0.3 is 13.9 Å². The summed E-state index contributed by atoms with van der Waals surface area (Å²) in [5.74, 6) is -0.142. The number of ether oxygens (including phenoxy) is 2. The van der Waals surface area contributed by atoms with Crippen molar-refractivity contribution in [1.29, 1.82) is 0 Å². The molecule has 0 aliphatic carbocycles. The van der Waals surface area contributed by atoms with Gasteiger partial charge in [-0.15, -0.1) is 0 Å². The summed E-state index contributed by atoms with van der Waals surface area (Å²) >= 11 is 0. The van der Waals surface area contributed by atoms with E-state index in [4.69, 9.17) is 19.7 Å². The Morgan fingerprint density at radius 2 is 1.80 bits per heavy atom. The van der Waals surface area contributed by atoms with Gasteiger partial charge in [0, 0.05) is 25.2 Å². The fourth-order valence-corrected chi connectivity index (χ4v) is 6.35. The molecule has 2 aromatic carbocycles. The molecule has 2 aromatic rings. The third-order valence-corrected chi connectivity index (χ3v) is 8.35. The molecular formula is C25H39N4O9PS. The van der Waals surface area contributed by atoms with Crippen LogP contribution < -0.4 is 17.2 Å². The van der Waals surface area contributed by atoms with E-state index in [0.29, 0.717) is 18.7 Å². The van der Waals surface area contributed by atoms with E-state index in [1.54, 1.807) is 30.3 Å². The fourth-order valence-electron chi connectivity index (χ4n) is 4.16. The van der Waals surface area contributed by atoms with Crippen molar-refractivity contribution in [2.24, 2.45) is 5.92 Å². The summed E-state index contributed by atoms with van der Waals surface area (Å²) in [5, 5.41) is 2.65. The third kappa shape index (κ3) is 10.5. The molecule has 0 unspecified atom stereocenters. The van der Waals surface area contributed by atoms with E-state index < -0.39 is 48.7 Å². The second kappa shape index (κ2) is 14.9. The zero-order valence-corrected chi connectivity index (χ0v) is 24.3. The summed E-state index contributed by atoms with van der Waals surface area (Å²) in [6.45, 7) is 3.87. The van der Waals surface area contributed by atoms with Gasteiger partial charge < -0.3 is 36.5 Å². The van der Waals surface area contributed by atoms with Gasteiger partial charge in [0.1, 0.15) is 12.2 Å². The molecule has 1 heterocycles. The quantitative estimate of drug-likeness (QED) is 0.166. The van der Waals surface area contributed by atoms with Crippen LogP contribution in [-0.4, -0.2) is 73.2 Å². The molecule has 0 spiro atoms. The van der Waals surface area contributed by atoms with E-state index in [2.05, 4.69) is 5.32 Å². The van der Waals surface area contributed by atoms with Crippen molar-refractivity contribution in [1.82, 2.24) is 15.8 Å². The van der Waals surface area contributed by atoms with Crippen LogP contribution in [0.25, 0.3) is 0 Å². The molecule has 13 nitrogen and oxygen atoms in total. The van der Waals surface area contributed by atoms with Crippen molar-refractivity contribution in [2.45, 2.75) is 49.8 Å². The maximum Gasteiger partial charge on any atom is 0.469 e. The number of rotatable bonds is 13. The number of nitrogens with zero attached hydrogens (tertiary/aromatic N) is 1. The number of nitrogens with one attached hydrogen (secondary N) is 1. The SMILES string of the molecule is CC(C)CN(C[C@@H](OP(=O)(O)O)[C@H](Cc1ccccc1)NC(=O)O[C@H]1CCOC1)S(=O)(=O)c1ccc(N)cc1.N. The number of hydrogen-bond acceptors (Lipinski definition) is 9. The monoisotopic (exact) mass is 602 g/mol. The van der Waals surface area contributed by atoms with E-state index >= 15 is 0 Å². The number of carbonyl (C=O) groups excluding carboxylic acids is 1. The lowest BCUT2D eigenvalue weighted by Crippen LogP contribution is -2.52. The smallest absolute Gasteiger partial charge is 0.444 e. The molecule has 1 aliphatic heterocycles. The highest BCUT2D eigenvalue weighted by Gasteiger charge is 2.37. The highest BCUT2D eigenvalue weighted by atomic mass is 32.2. The van der Waals surface area contributed by atoms with Crippen LogP contribution in [0.3, 0.4) is 0 Å². The first-order chi connectivity index (χ1) is 18.3. The number of anilines is 1. The molecule has 40 heavy (non-hydrogen) atoms. The van der Waals surface area contributed by atoms with Crippen LogP contribution in [0.15, 0.2) is 59.5 Å². The molecule has 0 radical (unpaired) electrons. The Kier molecular flexibility index (Phi) is 12.5. The first kappa shape index (κ1) is 33.7. The maximum absolute atomic E-state index is 13.6. The molecule has 3 rings (SSSR count). The minimum atomic E-state index is -5.12. The lowest BCUT2D eigenvalue weighted by molar-refractivity contribution is 0.0601. The van der Waals surface area contributed by atoms with Crippen molar-refractivity contribution in [3.05, 3.63) is 60.2 Å². The Bertz CT molecular complexity index is 1220. The van der Waals surface area contributed by atoms with E-state index in [-0.39, 0.29) is 36.5 Å². The Morgan fingerprint density at radius 3 is 2.35 bits per heavy atom. The molecule has 0 saturated carbocycles. The molecule has 0 aromatic heterocycles. The highest BCUT2D eigenvalue weighted by Crippen LogP contribution is 2.39. The number of phosphoric acid groups is 1.